The Morgan fingerprint density at radius 3 is 2.83 bits per heavy atom. The van der Waals surface area contributed by atoms with Gasteiger partial charge in [-0.15, -0.1) is 0 Å². The highest BCUT2D eigenvalue weighted by Crippen LogP contribution is 2.29. The fraction of sp³-hybridized carbons (Fsp3) is 0.533. The molecule has 0 saturated heterocycles. The molecule has 0 atom stereocenters. The number of furan rings is 1. The summed E-state index contributed by atoms with van der Waals surface area (Å²) in [7, 11) is 0. The SMILES string of the molecule is CCCN(CC1CC1)C(=O)/C=C/c1ccc(C)o1. The molecule has 0 bridgehead atoms. The number of rotatable bonds is 6. The van der Waals surface area contributed by atoms with Crippen molar-refractivity contribution in [3.8, 4) is 0 Å². The van der Waals surface area contributed by atoms with Crippen molar-refractivity contribution in [2.75, 3.05) is 13.1 Å². The molecule has 1 aliphatic carbocycles. The molecular weight excluding hydrogens is 226 g/mol. The molecule has 98 valence electrons. The smallest absolute Gasteiger partial charge is 0.246 e. The zero-order valence-electron chi connectivity index (χ0n) is 11.2. The van der Waals surface area contributed by atoms with Gasteiger partial charge in [0.15, 0.2) is 0 Å². The van der Waals surface area contributed by atoms with E-state index in [9.17, 15) is 4.79 Å². The number of nitrogens with zero attached hydrogens (tertiary/aromatic N) is 1. The Bertz CT molecular complexity index is 429. The van der Waals surface area contributed by atoms with Gasteiger partial charge >= 0.3 is 0 Å². The number of aryl methyl sites for hydroxylation is 1. The summed E-state index contributed by atoms with van der Waals surface area (Å²) in [5.41, 5.74) is 0. The molecule has 1 aromatic heterocycles. The van der Waals surface area contributed by atoms with Gasteiger partial charge in [-0.3, -0.25) is 4.79 Å². The lowest BCUT2D eigenvalue weighted by molar-refractivity contribution is -0.126. The predicted octanol–water partition coefficient (Wildman–Crippen LogP) is 3.25. The second-order valence-electron chi connectivity index (χ2n) is 5.01. The van der Waals surface area contributed by atoms with Crippen molar-refractivity contribution in [2.45, 2.75) is 33.1 Å². The van der Waals surface area contributed by atoms with E-state index in [1.54, 1.807) is 12.2 Å². The Labute approximate surface area is 108 Å². The average molecular weight is 247 g/mol. The molecular formula is C15H21NO2. The maximum atomic E-state index is 12.1. The van der Waals surface area contributed by atoms with Gasteiger partial charge in [0.1, 0.15) is 11.5 Å². The number of carbonyl (C=O) groups is 1. The first-order valence-corrected chi connectivity index (χ1v) is 6.72. The van der Waals surface area contributed by atoms with E-state index in [0.717, 1.165) is 36.9 Å². The minimum atomic E-state index is 0.0952. The third kappa shape index (κ3) is 3.76. The Morgan fingerprint density at radius 2 is 2.28 bits per heavy atom. The van der Waals surface area contributed by atoms with Crippen LogP contribution in [0.15, 0.2) is 22.6 Å². The molecule has 0 N–H and O–H groups in total. The van der Waals surface area contributed by atoms with E-state index in [-0.39, 0.29) is 5.91 Å². The molecule has 3 heteroatoms. The quantitative estimate of drug-likeness (QED) is 0.723. The van der Waals surface area contributed by atoms with E-state index in [0.29, 0.717) is 0 Å². The fourth-order valence-corrected chi connectivity index (χ4v) is 1.98. The largest absolute Gasteiger partial charge is 0.462 e. The van der Waals surface area contributed by atoms with Crippen LogP contribution in [0.2, 0.25) is 0 Å². The summed E-state index contributed by atoms with van der Waals surface area (Å²) in [4.78, 5) is 14.0. The number of amides is 1. The van der Waals surface area contributed by atoms with Gasteiger partial charge in [-0.2, -0.15) is 0 Å². The van der Waals surface area contributed by atoms with Crippen LogP contribution in [0.5, 0.6) is 0 Å². The van der Waals surface area contributed by atoms with Crippen molar-refractivity contribution in [1.82, 2.24) is 4.90 Å². The normalized spacial score (nSPS) is 15.2. The molecule has 0 radical (unpaired) electrons. The summed E-state index contributed by atoms with van der Waals surface area (Å²) in [5, 5.41) is 0. The van der Waals surface area contributed by atoms with Crippen LogP contribution < -0.4 is 0 Å². The van der Waals surface area contributed by atoms with Crippen LogP contribution in [0.3, 0.4) is 0 Å². The maximum Gasteiger partial charge on any atom is 0.246 e. The Hall–Kier alpha value is -1.51. The highest BCUT2D eigenvalue weighted by Gasteiger charge is 2.25. The molecule has 0 aliphatic heterocycles. The standard InChI is InChI=1S/C15H21NO2/c1-3-10-16(11-13-5-6-13)15(17)9-8-14-7-4-12(2)18-14/h4,7-9,13H,3,5-6,10-11H2,1-2H3/b9-8+. The molecule has 18 heavy (non-hydrogen) atoms. The minimum absolute atomic E-state index is 0.0952. The zero-order chi connectivity index (χ0) is 13.0. The molecule has 0 spiro atoms. The molecule has 1 aliphatic rings. The van der Waals surface area contributed by atoms with Crippen LogP contribution in [0, 0.1) is 12.8 Å². The van der Waals surface area contributed by atoms with Gasteiger partial charge in [-0.25, -0.2) is 0 Å². The van der Waals surface area contributed by atoms with Gasteiger partial charge < -0.3 is 9.32 Å². The molecule has 3 nitrogen and oxygen atoms in total. The van der Waals surface area contributed by atoms with Crippen LogP contribution >= 0.6 is 0 Å². The maximum absolute atomic E-state index is 12.1. The van der Waals surface area contributed by atoms with Gasteiger partial charge in [0.2, 0.25) is 5.91 Å². The first kappa shape index (κ1) is 12.9. The Morgan fingerprint density at radius 1 is 1.50 bits per heavy atom. The lowest BCUT2D eigenvalue weighted by atomic mass is 10.3. The topological polar surface area (TPSA) is 33.5 Å². The van der Waals surface area contributed by atoms with E-state index in [2.05, 4.69) is 6.92 Å². The van der Waals surface area contributed by atoms with Crippen molar-refractivity contribution in [1.29, 1.82) is 0 Å². The van der Waals surface area contributed by atoms with E-state index >= 15 is 0 Å². The van der Waals surface area contributed by atoms with Crippen LogP contribution in [0.25, 0.3) is 6.08 Å². The van der Waals surface area contributed by atoms with Gasteiger partial charge in [-0.1, -0.05) is 6.92 Å². The van der Waals surface area contributed by atoms with Crippen molar-refractivity contribution in [3.63, 3.8) is 0 Å². The number of hydrogen-bond acceptors (Lipinski definition) is 2. The minimum Gasteiger partial charge on any atom is -0.462 e. The van der Waals surface area contributed by atoms with Crippen LogP contribution in [-0.4, -0.2) is 23.9 Å². The first-order valence-electron chi connectivity index (χ1n) is 6.72. The lowest BCUT2D eigenvalue weighted by Crippen LogP contribution is -2.32. The second kappa shape index (κ2) is 5.89. The van der Waals surface area contributed by atoms with Gasteiger partial charge in [0.25, 0.3) is 0 Å². The molecule has 1 heterocycles. The third-order valence-electron chi connectivity index (χ3n) is 3.13. The highest BCUT2D eigenvalue weighted by molar-refractivity contribution is 5.91. The average Bonchev–Trinajstić information content (AvgIpc) is 3.07. The van der Waals surface area contributed by atoms with Crippen LogP contribution in [0.4, 0.5) is 0 Å². The first-order chi connectivity index (χ1) is 8.69. The summed E-state index contributed by atoms with van der Waals surface area (Å²) in [6.45, 7) is 5.76. The van der Waals surface area contributed by atoms with Gasteiger partial charge in [0, 0.05) is 19.2 Å². The van der Waals surface area contributed by atoms with Crippen LogP contribution in [0.1, 0.15) is 37.7 Å². The summed E-state index contributed by atoms with van der Waals surface area (Å²) >= 11 is 0. The summed E-state index contributed by atoms with van der Waals surface area (Å²) in [5.74, 6) is 2.44. The Balaban J connectivity index is 1.92. The molecule has 0 aromatic carbocycles. The van der Waals surface area contributed by atoms with E-state index in [4.69, 9.17) is 4.42 Å². The van der Waals surface area contributed by atoms with Crippen molar-refractivity contribution >= 4 is 12.0 Å². The molecule has 1 amide bonds. The monoisotopic (exact) mass is 247 g/mol. The van der Waals surface area contributed by atoms with E-state index < -0.39 is 0 Å². The lowest BCUT2D eigenvalue weighted by Gasteiger charge is -2.20. The zero-order valence-corrected chi connectivity index (χ0v) is 11.2. The molecule has 1 fully saturated rings. The highest BCUT2D eigenvalue weighted by atomic mass is 16.3. The second-order valence-corrected chi connectivity index (χ2v) is 5.01. The van der Waals surface area contributed by atoms with Crippen molar-refractivity contribution < 1.29 is 9.21 Å². The predicted molar refractivity (Wildman–Crippen MR) is 72.1 cm³/mol. The van der Waals surface area contributed by atoms with E-state index in [1.807, 2.05) is 24.0 Å². The van der Waals surface area contributed by atoms with Crippen molar-refractivity contribution in [3.05, 3.63) is 29.7 Å². The Kier molecular flexibility index (Phi) is 4.24. The van der Waals surface area contributed by atoms with Gasteiger partial charge in [-0.05, 0) is 50.3 Å². The summed E-state index contributed by atoms with van der Waals surface area (Å²) in [6.07, 6.45) is 6.93. The molecule has 2 rings (SSSR count). The molecule has 1 saturated carbocycles. The molecule has 1 aromatic rings. The van der Waals surface area contributed by atoms with Crippen LogP contribution in [-0.2, 0) is 4.79 Å². The summed E-state index contributed by atoms with van der Waals surface area (Å²) in [6, 6.07) is 3.78. The molecule has 0 unspecified atom stereocenters. The fourth-order valence-electron chi connectivity index (χ4n) is 1.98. The van der Waals surface area contributed by atoms with E-state index in [1.165, 1.54) is 12.8 Å². The summed E-state index contributed by atoms with van der Waals surface area (Å²) < 4.78 is 5.41. The number of hydrogen-bond donors (Lipinski definition) is 0. The van der Waals surface area contributed by atoms with Gasteiger partial charge in [0.05, 0.1) is 0 Å². The third-order valence-corrected chi connectivity index (χ3v) is 3.13. The number of carbonyl (C=O) groups excluding carboxylic acids is 1. The van der Waals surface area contributed by atoms with Crippen molar-refractivity contribution in [2.24, 2.45) is 5.92 Å².